The number of halogens is 1. The molecule has 0 fully saturated rings. The third-order valence-electron chi connectivity index (χ3n) is 2.68. The molecule has 0 heterocycles. The van der Waals surface area contributed by atoms with Gasteiger partial charge in [0.1, 0.15) is 5.82 Å². The van der Waals surface area contributed by atoms with E-state index in [0.717, 1.165) is 6.07 Å². The van der Waals surface area contributed by atoms with Crippen molar-refractivity contribution in [3.05, 3.63) is 59.4 Å². The molecule has 0 unspecified atom stereocenters. The number of hydrogen-bond acceptors (Lipinski definition) is 4. The monoisotopic (exact) mass is 270 g/mol. The minimum atomic E-state index is -0.513. The van der Waals surface area contributed by atoms with Crippen molar-refractivity contribution in [1.29, 1.82) is 5.26 Å². The predicted octanol–water partition coefficient (Wildman–Crippen LogP) is 3.23. The average Bonchev–Trinajstić information content (AvgIpc) is 2.49. The Kier molecular flexibility index (Phi) is 3.96. The molecule has 2 aromatic rings. The molecule has 0 spiro atoms. The number of anilines is 2. The zero-order chi connectivity index (χ0) is 14.5. The standard InChI is InChI=1S/C15H11FN2O2/c1-20-15(19)11-3-5-12(6-4-11)18-14-7-2-10(9-17)8-13(14)16/h2-8,18H,1H3. The number of carbonyl (C=O) groups is 1. The molecule has 0 aromatic heterocycles. The average molecular weight is 270 g/mol. The molecule has 0 aliphatic heterocycles. The molecule has 0 atom stereocenters. The maximum Gasteiger partial charge on any atom is 0.337 e. The molecule has 20 heavy (non-hydrogen) atoms. The molecule has 0 saturated carbocycles. The highest BCUT2D eigenvalue weighted by Crippen LogP contribution is 2.21. The molecule has 0 saturated heterocycles. The number of methoxy groups -OCH3 is 1. The summed E-state index contributed by atoms with van der Waals surface area (Å²) in [6.07, 6.45) is 0. The Labute approximate surface area is 115 Å². The largest absolute Gasteiger partial charge is 0.465 e. The minimum absolute atomic E-state index is 0.258. The fraction of sp³-hybridized carbons (Fsp3) is 0.0667. The quantitative estimate of drug-likeness (QED) is 0.870. The molecule has 0 aliphatic carbocycles. The number of nitrogens with zero attached hydrogens (tertiary/aromatic N) is 1. The number of nitriles is 1. The SMILES string of the molecule is COC(=O)c1ccc(Nc2ccc(C#N)cc2F)cc1. The Hall–Kier alpha value is -2.87. The van der Waals surface area contributed by atoms with E-state index in [4.69, 9.17) is 5.26 Å². The lowest BCUT2D eigenvalue weighted by atomic mass is 10.2. The van der Waals surface area contributed by atoms with Crippen LogP contribution in [-0.2, 0) is 4.74 Å². The van der Waals surface area contributed by atoms with Crippen LogP contribution in [0.3, 0.4) is 0 Å². The summed E-state index contributed by atoms with van der Waals surface area (Å²) in [7, 11) is 1.31. The van der Waals surface area contributed by atoms with Crippen LogP contribution in [0.15, 0.2) is 42.5 Å². The van der Waals surface area contributed by atoms with Crippen LogP contribution < -0.4 is 5.32 Å². The summed E-state index contributed by atoms with van der Waals surface area (Å²) in [6, 6.07) is 12.5. The summed E-state index contributed by atoms with van der Waals surface area (Å²) in [5.41, 5.74) is 1.56. The van der Waals surface area contributed by atoms with Crippen molar-refractivity contribution in [3.63, 3.8) is 0 Å². The number of carbonyl (C=O) groups excluding carboxylic acids is 1. The number of esters is 1. The lowest BCUT2D eigenvalue weighted by Gasteiger charge is -2.08. The van der Waals surface area contributed by atoms with Gasteiger partial charge in [-0.2, -0.15) is 5.26 Å². The van der Waals surface area contributed by atoms with Crippen LogP contribution in [0, 0.1) is 17.1 Å². The van der Waals surface area contributed by atoms with Crippen LogP contribution in [-0.4, -0.2) is 13.1 Å². The van der Waals surface area contributed by atoms with Gasteiger partial charge in [0.05, 0.1) is 30.0 Å². The third kappa shape index (κ3) is 2.93. The first-order chi connectivity index (χ1) is 9.63. The summed E-state index contributed by atoms with van der Waals surface area (Å²) in [4.78, 5) is 11.3. The highest BCUT2D eigenvalue weighted by atomic mass is 19.1. The van der Waals surface area contributed by atoms with Gasteiger partial charge < -0.3 is 10.1 Å². The van der Waals surface area contributed by atoms with Crippen molar-refractivity contribution < 1.29 is 13.9 Å². The highest BCUT2D eigenvalue weighted by Gasteiger charge is 2.06. The smallest absolute Gasteiger partial charge is 0.337 e. The van der Waals surface area contributed by atoms with Crippen molar-refractivity contribution >= 4 is 17.3 Å². The van der Waals surface area contributed by atoms with E-state index in [0.29, 0.717) is 11.3 Å². The molecule has 0 amide bonds. The van der Waals surface area contributed by atoms with Crippen LogP contribution in [0.4, 0.5) is 15.8 Å². The molecule has 0 bridgehead atoms. The molecular weight excluding hydrogens is 259 g/mol. The Morgan fingerprint density at radius 1 is 1.25 bits per heavy atom. The molecule has 4 nitrogen and oxygen atoms in total. The normalized spacial score (nSPS) is 9.65. The number of benzene rings is 2. The molecule has 100 valence electrons. The van der Waals surface area contributed by atoms with Crippen molar-refractivity contribution in [3.8, 4) is 6.07 Å². The number of ether oxygens (including phenoxy) is 1. The van der Waals surface area contributed by atoms with Gasteiger partial charge in [0.15, 0.2) is 0 Å². The third-order valence-corrected chi connectivity index (χ3v) is 2.68. The van der Waals surface area contributed by atoms with Gasteiger partial charge in [-0.25, -0.2) is 9.18 Å². The first kappa shape index (κ1) is 13.6. The second-order valence-electron chi connectivity index (χ2n) is 4.00. The zero-order valence-corrected chi connectivity index (χ0v) is 10.7. The van der Waals surface area contributed by atoms with Crippen LogP contribution in [0.25, 0.3) is 0 Å². The Morgan fingerprint density at radius 2 is 1.95 bits per heavy atom. The number of nitrogens with one attached hydrogen (secondary N) is 1. The summed E-state index contributed by atoms with van der Waals surface area (Å²) in [6.45, 7) is 0. The molecule has 1 N–H and O–H groups in total. The minimum Gasteiger partial charge on any atom is -0.465 e. The first-order valence-corrected chi connectivity index (χ1v) is 5.79. The Balaban J connectivity index is 2.18. The van der Waals surface area contributed by atoms with Crippen LogP contribution in [0.1, 0.15) is 15.9 Å². The second kappa shape index (κ2) is 5.85. The van der Waals surface area contributed by atoms with Gasteiger partial charge in [-0.15, -0.1) is 0 Å². The predicted molar refractivity (Wildman–Crippen MR) is 72.2 cm³/mol. The van der Waals surface area contributed by atoms with Gasteiger partial charge in [0.2, 0.25) is 0 Å². The maximum absolute atomic E-state index is 13.7. The summed E-state index contributed by atoms with van der Waals surface area (Å²) < 4.78 is 18.3. The molecule has 0 aliphatic rings. The molecule has 5 heteroatoms. The van der Waals surface area contributed by atoms with Crippen molar-refractivity contribution in [2.45, 2.75) is 0 Å². The van der Waals surface area contributed by atoms with E-state index < -0.39 is 11.8 Å². The highest BCUT2D eigenvalue weighted by molar-refractivity contribution is 5.89. The molecule has 2 aromatic carbocycles. The van der Waals surface area contributed by atoms with Crippen molar-refractivity contribution in [2.24, 2.45) is 0 Å². The van der Waals surface area contributed by atoms with Crippen LogP contribution in [0.2, 0.25) is 0 Å². The maximum atomic E-state index is 13.7. The fourth-order valence-corrected chi connectivity index (χ4v) is 1.65. The van der Waals surface area contributed by atoms with Gasteiger partial charge in [0, 0.05) is 5.69 Å². The summed E-state index contributed by atoms with van der Waals surface area (Å²) in [5, 5.41) is 11.5. The lowest BCUT2D eigenvalue weighted by molar-refractivity contribution is 0.0601. The van der Waals surface area contributed by atoms with Crippen LogP contribution in [0.5, 0.6) is 0 Å². The van der Waals surface area contributed by atoms with Crippen LogP contribution >= 0.6 is 0 Å². The Morgan fingerprint density at radius 3 is 2.50 bits per heavy atom. The first-order valence-electron chi connectivity index (χ1n) is 5.79. The number of rotatable bonds is 3. The van der Waals surface area contributed by atoms with Gasteiger partial charge in [-0.3, -0.25) is 0 Å². The van der Waals surface area contributed by atoms with E-state index in [2.05, 4.69) is 10.1 Å². The Bertz CT molecular complexity index is 675. The van der Waals surface area contributed by atoms with E-state index >= 15 is 0 Å². The topological polar surface area (TPSA) is 62.1 Å². The number of hydrogen-bond donors (Lipinski definition) is 1. The van der Waals surface area contributed by atoms with E-state index in [-0.39, 0.29) is 11.3 Å². The van der Waals surface area contributed by atoms with Gasteiger partial charge >= 0.3 is 5.97 Å². The van der Waals surface area contributed by atoms with E-state index in [1.807, 2.05) is 6.07 Å². The van der Waals surface area contributed by atoms with Gasteiger partial charge in [-0.1, -0.05) is 0 Å². The second-order valence-corrected chi connectivity index (χ2v) is 4.00. The molecule has 2 rings (SSSR count). The van der Waals surface area contributed by atoms with E-state index in [1.54, 1.807) is 24.3 Å². The van der Waals surface area contributed by atoms with Crippen molar-refractivity contribution in [1.82, 2.24) is 0 Å². The fourth-order valence-electron chi connectivity index (χ4n) is 1.65. The summed E-state index contributed by atoms with van der Waals surface area (Å²) in [5.74, 6) is -0.942. The van der Waals surface area contributed by atoms with E-state index in [9.17, 15) is 9.18 Å². The van der Waals surface area contributed by atoms with E-state index in [1.165, 1.54) is 19.2 Å². The summed E-state index contributed by atoms with van der Waals surface area (Å²) >= 11 is 0. The lowest BCUT2D eigenvalue weighted by Crippen LogP contribution is -2.01. The van der Waals surface area contributed by atoms with Crippen molar-refractivity contribution in [2.75, 3.05) is 12.4 Å². The van der Waals surface area contributed by atoms with Gasteiger partial charge in [0.25, 0.3) is 0 Å². The zero-order valence-electron chi connectivity index (χ0n) is 10.7. The molecule has 0 radical (unpaired) electrons. The van der Waals surface area contributed by atoms with Gasteiger partial charge in [-0.05, 0) is 42.5 Å². The molecular formula is C15H11FN2O2.